The summed E-state index contributed by atoms with van der Waals surface area (Å²) in [7, 11) is 0. The van der Waals surface area contributed by atoms with Crippen molar-refractivity contribution in [2.75, 3.05) is 0 Å². The number of hydrogen-bond acceptors (Lipinski definition) is 2. The standard InChI is InChI=1S/C16H26.C13H18N2S.C3H8/c1-5-8-14-12-16(10-7-3)15(9-6-2)11-13(14)4;1-5-12-8-13(7-6-9(12)2)10(3)14-15-11(4)16;1-3-2/h11-12H,5-10H2,1-4H3;6-8H,5H2,1-4H3,(H,15,16);3H2,1-2H3/b;14-10+;. The molecule has 196 valence electrons. The second kappa shape index (κ2) is 19.2. The van der Waals surface area contributed by atoms with Crippen LogP contribution in [0.3, 0.4) is 0 Å². The number of nitrogens with zero attached hydrogens (tertiary/aromatic N) is 1. The van der Waals surface area contributed by atoms with Crippen LogP contribution in [0.25, 0.3) is 0 Å². The zero-order valence-corrected chi connectivity index (χ0v) is 25.2. The van der Waals surface area contributed by atoms with Crippen LogP contribution in [0, 0.1) is 13.8 Å². The molecule has 2 aromatic rings. The highest BCUT2D eigenvalue weighted by Crippen LogP contribution is 2.21. The minimum absolute atomic E-state index is 0.683. The van der Waals surface area contributed by atoms with E-state index in [1.165, 1.54) is 61.6 Å². The Balaban J connectivity index is 0.000000594. The van der Waals surface area contributed by atoms with Gasteiger partial charge in [-0.25, -0.2) is 0 Å². The van der Waals surface area contributed by atoms with Crippen LogP contribution in [-0.4, -0.2) is 10.7 Å². The first-order valence-corrected chi connectivity index (χ1v) is 14.1. The van der Waals surface area contributed by atoms with Crippen molar-refractivity contribution in [3.8, 4) is 0 Å². The Morgan fingerprint density at radius 2 is 1.23 bits per heavy atom. The second-order valence-electron chi connectivity index (χ2n) is 9.36. The molecule has 0 spiro atoms. The summed E-state index contributed by atoms with van der Waals surface area (Å²) in [5.74, 6) is 0. The van der Waals surface area contributed by atoms with E-state index in [1.807, 2.05) is 13.8 Å². The van der Waals surface area contributed by atoms with Gasteiger partial charge < -0.3 is 0 Å². The maximum Gasteiger partial charge on any atom is 0.0930 e. The maximum absolute atomic E-state index is 4.92. The van der Waals surface area contributed by atoms with E-state index in [0.29, 0.717) is 4.99 Å². The van der Waals surface area contributed by atoms with Crippen LogP contribution < -0.4 is 5.43 Å². The Morgan fingerprint density at radius 1 is 0.714 bits per heavy atom. The zero-order valence-electron chi connectivity index (χ0n) is 24.4. The molecule has 0 fully saturated rings. The van der Waals surface area contributed by atoms with Crippen LogP contribution in [0.1, 0.15) is 120 Å². The summed E-state index contributed by atoms with van der Waals surface area (Å²) < 4.78 is 0. The lowest BCUT2D eigenvalue weighted by Crippen LogP contribution is -2.13. The molecule has 35 heavy (non-hydrogen) atoms. The summed E-state index contributed by atoms with van der Waals surface area (Å²) >= 11 is 4.92. The average Bonchev–Trinajstić information content (AvgIpc) is 2.82. The molecule has 0 saturated carbocycles. The summed E-state index contributed by atoms with van der Waals surface area (Å²) in [6.07, 6.45) is 9.77. The normalized spacial score (nSPS) is 10.6. The topological polar surface area (TPSA) is 24.4 Å². The lowest BCUT2D eigenvalue weighted by molar-refractivity contribution is 0.845. The number of thiocarbonyl (C=S) groups is 1. The number of benzene rings is 2. The third-order valence-corrected chi connectivity index (χ3v) is 5.84. The molecule has 0 atom stereocenters. The lowest BCUT2D eigenvalue weighted by Gasteiger charge is -2.13. The van der Waals surface area contributed by atoms with Gasteiger partial charge in [-0.15, -0.1) is 0 Å². The highest BCUT2D eigenvalue weighted by Gasteiger charge is 2.06. The molecule has 2 aromatic carbocycles. The summed E-state index contributed by atoms with van der Waals surface area (Å²) in [5.41, 5.74) is 13.8. The van der Waals surface area contributed by atoms with Gasteiger partial charge in [0, 0.05) is 0 Å². The SMILES string of the molecule is CCC.CCCc1cc(CCC)c(CCC)cc1C.CCc1cc(/C(C)=N/NC(C)=S)ccc1C. The van der Waals surface area contributed by atoms with E-state index >= 15 is 0 Å². The van der Waals surface area contributed by atoms with E-state index in [1.54, 1.807) is 16.7 Å². The highest BCUT2D eigenvalue weighted by atomic mass is 32.1. The Kier molecular flexibility index (Phi) is 18.1. The molecular weight excluding hydrogens is 444 g/mol. The summed E-state index contributed by atoms with van der Waals surface area (Å²) in [6, 6.07) is 11.3. The number of aryl methyl sites for hydroxylation is 6. The van der Waals surface area contributed by atoms with Crippen molar-refractivity contribution in [2.24, 2.45) is 5.10 Å². The zero-order chi connectivity index (χ0) is 26.8. The van der Waals surface area contributed by atoms with Crippen molar-refractivity contribution >= 4 is 22.9 Å². The molecule has 0 aliphatic carbocycles. The number of hydrogen-bond donors (Lipinski definition) is 1. The second-order valence-corrected chi connectivity index (χ2v) is 9.98. The van der Waals surface area contributed by atoms with E-state index in [0.717, 1.165) is 17.7 Å². The quantitative estimate of drug-likeness (QED) is 0.212. The smallest absolute Gasteiger partial charge is 0.0930 e. The summed E-state index contributed by atoms with van der Waals surface area (Å²) in [4.78, 5) is 0.683. The van der Waals surface area contributed by atoms with Crippen molar-refractivity contribution < 1.29 is 0 Å². The fourth-order valence-electron chi connectivity index (χ4n) is 3.91. The Hall–Kier alpha value is -2.00. The molecule has 0 saturated heterocycles. The van der Waals surface area contributed by atoms with Crippen LogP contribution in [0.2, 0.25) is 0 Å². The maximum atomic E-state index is 4.92. The molecule has 2 rings (SSSR count). The Morgan fingerprint density at radius 3 is 1.71 bits per heavy atom. The predicted molar refractivity (Wildman–Crippen MR) is 163 cm³/mol. The van der Waals surface area contributed by atoms with Gasteiger partial charge in [-0.3, -0.25) is 5.43 Å². The Bertz CT molecular complexity index is 912. The minimum atomic E-state index is 0.683. The van der Waals surface area contributed by atoms with Crippen molar-refractivity contribution in [1.29, 1.82) is 0 Å². The van der Waals surface area contributed by atoms with Gasteiger partial charge in [0.1, 0.15) is 0 Å². The summed E-state index contributed by atoms with van der Waals surface area (Å²) in [5, 5.41) is 4.22. The first kappa shape index (κ1) is 33.0. The fourth-order valence-corrected chi connectivity index (χ4v) is 3.96. The molecule has 0 heterocycles. The molecule has 0 bridgehead atoms. The highest BCUT2D eigenvalue weighted by molar-refractivity contribution is 7.80. The van der Waals surface area contributed by atoms with Crippen molar-refractivity contribution in [1.82, 2.24) is 5.43 Å². The first-order valence-electron chi connectivity index (χ1n) is 13.7. The van der Waals surface area contributed by atoms with Gasteiger partial charge in [0.15, 0.2) is 0 Å². The van der Waals surface area contributed by atoms with E-state index < -0.39 is 0 Å². The molecule has 0 amide bonds. The van der Waals surface area contributed by atoms with E-state index in [4.69, 9.17) is 12.2 Å². The van der Waals surface area contributed by atoms with Crippen LogP contribution in [-0.2, 0) is 25.7 Å². The molecule has 0 radical (unpaired) electrons. The lowest BCUT2D eigenvalue weighted by atomic mass is 9.92. The average molecular weight is 497 g/mol. The molecule has 0 unspecified atom stereocenters. The van der Waals surface area contributed by atoms with Crippen LogP contribution in [0.4, 0.5) is 0 Å². The predicted octanol–water partition coefficient (Wildman–Crippen LogP) is 9.49. The minimum Gasteiger partial charge on any atom is -0.272 e. The van der Waals surface area contributed by atoms with Crippen LogP contribution in [0.5, 0.6) is 0 Å². The third kappa shape index (κ3) is 13.0. The molecule has 0 aliphatic heterocycles. The molecule has 0 aromatic heterocycles. The molecule has 2 nitrogen and oxygen atoms in total. The monoisotopic (exact) mass is 496 g/mol. The summed E-state index contributed by atoms with van der Waals surface area (Å²) in [6.45, 7) is 21.4. The third-order valence-electron chi connectivity index (χ3n) is 5.75. The first-order chi connectivity index (χ1) is 16.7. The van der Waals surface area contributed by atoms with Gasteiger partial charge in [0.05, 0.1) is 10.7 Å². The van der Waals surface area contributed by atoms with Crippen LogP contribution in [0.15, 0.2) is 35.4 Å². The van der Waals surface area contributed by atoms with E-state index in [9.17, 15) is 0 Å². The Labute approximate surface area is 223 Å². The fraction of sp³-hybridized carbons (Fsp3) is 0.562. The molecule has 3 heteroatoms. The number of nitrogens with one attached hydrogen (secondary N) is 1. The largest absolute Gasteiger partial charge is 0.272 e. The molecule has 1 N–H and O–H groups in total. The van der Waals surface area contributed by atoms with Crippen molar-refractivity contribution in [3.05, 3.63) is 69.3 Å². The number of rotatable bonds is 9. The van der Waals surface area contributed by atoms with E-state index in [-0.39, 0.29) is 0 Å². The van der Waals surface area contributed by atoms with Crippen molar-refractivity contribution in [3.63, 3.8) is 0 Å². The van der Waals surface area contributed by atoms with Gasteiger partial charge in [-0.1, -0.05) is 104 Å². The van der Waals surface area contributed by atoms with Gasteiger partial charge in [0.2, 0.25) is 0 Å². The van der Waals surface area contributed by atoms with Gasteiger partial charge in [-0.05, 0) is 98.4 Å². The van der Waals surface area contributed by atoms with Gasteiger partial charge in [0.25, 0.3) is 0 Å². The molecule has 0 aliphatic rings. The van der Waals surface area contributed by atoms with Crippen molar-refractivity contribution in [2.45, 2.75) is 121 Å². The van der Waals surface area contributed by atoms with Gasteiger partial charge in [-0.2, -0.15) is 5.10 Å². The number of hydrazone groups is 1. The molecular formula is C32H52N2S. The van der Waals surface area contributed by atoms with E-state index in [2.05, 4.69) is 96.2 Å². The van der Waals surface area contributed by atoms with Crippen LogP contribution >= 0.6 is 12.2 Å². The van der Waals surface area contributed by atoms with Gasteiger partial charge >= 0.3 is 0 Å².